The van der Waals surface area contributed by atoms with Gasteiger partial charge in [0.25, 0.3) is 5.69 Å². The number of hydrogen-bond acceptors (Lipinski definition) is 4. The number of aryl methyl sites for hydroxylation is 1. The van der Waals surface area contributed by atoms with E-state index in [2.05, 4.69) is 5.32 Å². The van der Waals surface area contributed by atoms with Crippen LogP contribution in [0, 0.1) is 17.0 Å². The van der Waals surface area contributed by atoms with Crippen LogP contribution in [0.1, 0.15) is 16.7 Å². The van der Waals surface area contributed by atoms with E-state index in [1.54, 1.807) is 0 Å². The lowest BCUT2D eigenvalue weighted by molar-refractivity contribution is -0.384. The molecule has 0 fully saturated rings. The maximum absolute atomic E-state index is 10.8. The lowest BCUT2D eigenvalue weighted by Crippen LogP contribution is -2.34. The Hall–Kier alpha value is -1.95. The molecule has 1 atom stereocenters. The Morgan fingerprint density at radius 2 is 2.00 bits per heavy atom. The summed E-state index contributed by atoms with van der Waals surface area (Å²) >= 11 is 6.09. The predicted molar refractivity (Wildman–Crippen MR) is 90.7 cm³/mol. The Bertz CT molecular complexity index is 691. The van der Waals surface area contributed by atoms with E-state index in [4.69, 9.17) is 11.6 Å². The summed E-state index contributed by atoms with van der Waals surface area (Å²) in [6, 6.07) is 12.2. The molecule has 0 amide bonds. The molecule has 1 unspecified atom stereocenters. The van der Waals surface area contributed by atoms with Crippen LogP contribution in [0.5, 0.6) is 0 Å². The Kier molecular flexibility index (Phi) is 6.10. The average molecular weight is 335 g/mol. The van der Waals surface area contributed by atoms with Crippen LogP contribution in [0.4, 0.5) is 5.69 Å². The van der Waals surface area contributed by atoms with E-state index in [0.29, 0.717) is 23.6 Å². The van der Waals surface area contributed by atoms with E-state index in [9.17, 15) is 15.2 Å². The van der Waals surface area contributed by atoms with Gasteiger partial charge in [-0.15, -0.1) is 0 Å². The number of nitrogens with one attached hydrogen (secondary N) is 1. The van der Waals surface area contributed by atoms with Crippen LogP contribution >= 0.6 is 11.6 Å². The number of non-ortho nitro benzene ring substituents is 1. The number of rotatable bonds is 7. The molecule has 2 rings (SSSR count). The molecule has 0 aliphatic heterocycles. The molecule has 0 heterocycles. The third-order valence-electron chi connectivity index (χ3n) is 3.77. The van der Waals surface area contributed by atoms with Crippen LogP contribution in [-0.2, 0) is 13.0 Å². The highest BCUT2D eigenvalue weighted by molar-refractivity contribution is 6.31. The molecule has 2 N–H and O–H groups in total. The summed E-state index contributed by atoms with van der Waals surface area (Å²) in [5, 5.41) is 24.1. The molecule has 0 aromatic heterocycles. The molecule has 0 radical (unpaired) electrons. The number of nitrogens with zero attached hydrogens (tertiary/aromatic N) is 1. The minimum absolute atomic E-state index is 0.00523. The standard InChI is InChI=1S/C17H19ClN2O3/c1-12-4-2-3-5-13(12)8-15(11-21)19-10-14-9-16(20(22)23)6-7-17(14)18/h2-7,9,15,19,21H,8,10-11H2,1H3. The molecular weight excluding hydrogens is 316 g/mol. The first-order valence-corrected chi connectivity index (χ1v) is 7.70. The van der Waals surface area contributed by atoms with Gasteiger partial charge < -0.3 is 10.4 Å². The summed E-state index contributed by atoms with van der Waals surface area (Å²) in [4.78, 5) is 10.4. The average Bonchev–Trinajstić information content (AvgIpc) is 2.54. The van der Waals surface area contributed by atoms with Gasteiger partial charge in [0.2, 0.25) is 0 Å². The predicted octanol–water partition coefficient (Wildman–Crippen LogP) is 3.25. The van der Waals surface area contributed by atoms with E-state index in [1.165, 1.54) is 23.8 Å². The van der Waals surface area contributed by atoms with Crippen molar-refractivity contribution in [3.05, 3.63) is 74.3 Å². The van der Waals surface area contributed by atoms with Crippen LogP contribution in [0.15, 0.2) is 42.5 Å². The summed E-state index contributed by atoms with van der Waals surface area (Å²) in [6.45, 7) is 2.36. The highest BCUT2D eigenvalue weighted by atomic mass is 35.5. The van der Waals surface area contributed by atoms with Gasteiger partial charge in [-0.3, -0.25) is 10.1 Å². The second-order valence-corrected chi connectivity index (χ2v) is 5.83. The first-order valence-electron chi connectivity index (χ1n) is 7.33. The van der Waals surface area contributed by atoms with Gasteiger partial charge in [-0.2, -0.15) is 0 Å². The molecule has 2 aromatic rings. The molecule has 5 nitrogen and oxygen atoms in total. The van der Waals surface area contributed by atoms with Gasteiger partial charge in [-0.25, -0.2) is 0 Å². The number of aliphatic hydroxyl groups excluding tert-OH is 1. The van der Waals surface area contributed by atoms with Gasteiger partial charge in [-0.05, 0) is 36.1 Å². The zero-order chi connectivity index (χ0) is 16.8. The van der Waals surface area contributed by atoms with Crippen LogP contribution in [0.3, 0.4) is 0 Å². The van der Waals surface area contributed by atoms with Gasteiger partial charge in [0, 0.05) is 29.7 Å². The highest BCUT2D eigenvalue weighted by Crippen LogP contribution is 2.22. The zero-order valence-corrected chi connectivity index (χ0v) is 13.6. The second-order valence-electron chi connectivity index (χ2n) is 5.42. The molecular formula is C17H19ClN2O3. The number of nitro benzene ring substituents is 1. The van der Waals surface area contributed by atoms with Crippen molar-refractivity contribution in [2.45, 2.75) is 25.9 Å². The Balaban J connectivity index is 2.05. The summed E-state index contributed by atoms with van der Waals surface area (Å²) in [7, 11) is 0. The molecule has 0 saturated heterocycles. The maximum Gasteiger partial charge on any atom is 0.269 e. The Morgan fingerprint density at radius 3 is 2.65 bits per heavy atom. The molecule has 2 aromatic carbocycles. The van der Waals surface area contributed by atoms with Crippen molar-refractivity contribution in [1.29, 1.82) is 0 Å². The molecule has 0 bridgehead atoms. The van der Waals surface area contributed by atoms with Crippen molar-refractivity contribution in [2.75, 3.05) is 6.61 Å². The number of nitro groups is 1. The lowest BCUT2D eigenvalue weighted by atomic mass is 10.0. The maximum atomic E-state index is 10.8. The van der Waals surface area contributed by atoms with E-state index < -0.39 is 4.92 Å². The van der Waals surface area contributed by atoms with Crippen LogP contribution in [0.25, 0.3) is 0 Å². The SMILES string of the molecule is Cc1ccccc1CC(CO)NCc1cc([N+](=O)[O-])ccc1Cl. The molecule has 122 valence electrons. The van der Waals surface area contributed by atoms with Crippen molar-refractivity contribution in [3.63, 3.8) is 0 Å². The van der Waals surface area contributed by atoms with Gasteiger partial charge in [0.1, 0.15) is 0 Å². The summed E-state index contributed by atoms with van der Waals surface area (Å²) in [5.41, 5.74) is 2.97. The van der Waals surface area contributed by atoms with E-state index in [-0.39, 0.29) is 18.3 Å². The van der Waals surface area contributed by atoms with Crippen molar-refractivity contribution in [1.82, 2.24) is 5.32 Å². The molecule has 23 heavy (non-hydrogen) atoms. The minimum atomic E-state index is -0.448. The van der Waals surface area contributed by atoms with Gasteiger partial charge >= 0.3 is 0 Å². The number of aliphatic hydroxyl groups is 1. The minimum Gasteiger partial charge on any atom is -0.395 e. The van der Waals surface area contributed by atoms with E-state index in [0.717, 1.165) is 5.56 Å². The topological polar surface area (TPSA) is 75.4 Å². The molecule has 0 spiro atoms. The number of halogens is 1. The van der Waals surface area contributed by atoms with Crippen molar-refractivity contribution >= 4 is 17.3 Å². The van der Waals surface area contributed by atoms with Gasteiger partial charge in [0.15, 0.2) is 0 Å². The lowest BCUT2D eigenvalue weighted by Gasteiger charge is -2.18. The number of hydrogen-bond donors (Lipinski definition) is 2. The fraction of sp³-hybridized carbons (Fsp3) is 0.294. The van der Waals surface area contributed by atoms with Gasteiger partial charge in [-0.1, -0.05) is 35.9 Å². The number of benzene rings is 2. The second kappa shape index (κ2) is 8.06. The van der Waals surface area contributed by atoms with E-state index >= 15 is 0 Å². The fourth-order valence-electron chi connectivity index (χ4n) is 2.37. The van der Waals surface area contributed by atoms with Crippen LogP contribution in [0.2, 0.25) is 5.02 Å². The highest BCUT2D eigenvalue weighted by Gasteiger charge is 2.13. The summed E-state index contributed by atoms with van der Waals surface area (Å²) in [5.74, 6) is 0. The van der Waals surface area contributed by atoms with Crippen molar-refractivity contribution < 1.29 is 10.0 Å². The van der Waals surface area contributed by atoms with Crippen LogP contribution in [-0.4, -0.2) is 22.7 Å². The quantitative estimate of drug-likeness (QED) is 0.602. The smallest absolute Gasteiger partial charge is 0.269 e. The molecule has 0 aliphatic rings. The van der Waals surface area contributed by atoms with E-state index in [1.807, 2.05) is 31.2 Å². The monoisotopic (exact) mass is 334 g/mol. The zero-order valence-electron chi connectivity index (χ0n) is 12.8. The van der Waals surface area contributed by atoms with Crippen molar-refractivity contribution in [3.8, 4) is 0 Å². The normalized spacial score (nSPS) is 12.1. The first kappa shape index (κ1) is 17.4. The third-order valence-corrected chi connectivity index (χ3v) is 4.14. The van der Waals surface area contributed by atoms with Crippen LogP contribution < -0.4 is 5.32 Å². The van der Waals surface area contributed by atoms with Crippen molar-refractivity contribution in [2.24, 2.45) is 0 Å². The van der Waals surface area contributed by atoms with Gasteiger partial charge in [0.05, 0.1) is 11.5 Å². The third kappa shape index (κ3) is 4.76. The fourth-order valence-corrected chi connectivity index (χ4v) is 2.55. The summed E-state index contributed by atoms with van der Waals surface area (Å²) in [6.07, 6.45) is 0.676. The molecule has 0 saturated carbocycles. The Labute approximate surface area is 140 Å². The molecule has 6 heteroatoms. The summed E-state index contributed by atoms with van der Waals surface area (Å²) < 4.78 is 0. The molecule has 0 aliphatic carbocycles. The largest absolute Gasteiger partial charge is 0.395 e. The first-order chi connectivity index (χ1) is 11.0. The Morgan fingerprint density at radius 1 is 1.26 bits per heavy atom.